The summed E-state index contributed by atoms with van der Waals surface area (Å²) < 4.78 is 17.0. The topological polar surface area (TPSA) is 78.9 Å². The Labute approximate surface area is 491 Å². The monoisotopic (exact) mass is 1110 g/mol. The van der Waals surface area contributed by atoms with Crippen molar-refractivity contribution >= 4 is 17.9 Å². The predicted octanol–water partition coefficient (Wildman–Crippen LogP) is 23.9. The van der Waals surface area contributed by atoms with E-state index in [1.54, 1.807) is 0 Å². The zero-order chi connectivity index (χ0) is 57.1. The van der Waals surface area contributed by atoms with E-state index in [0.29, 0.717) is 19.3 Å². The van der Waals surface area contributed by atoms with Gasteiger partial charge in [-0.15, -0.1) is 0 Å². The molecule has 0 aromatic rings. The van der Waals surface area contributed by atoms with E-state index in [9.17, 15) is 14.4 Å². The number of esters is 3. The molecule has 0 aliphatic rings. The van der Waals surface area contributed by atoms with Gasteiger partial charge in [0.1, 0.15) is 13.2 Å². The van der Waals surface area contributed by atoms with Crippen LogP contribution in [0.25, 0.3) is 0 Å². The first-order valence-corrected chi connectivity index (χ1v) is 34.8. The Kier molecular flexibility index (Phi) is 65.1. The van der Waals surface area contributed by atoms with Crippen molar-refractivity contribution in [2.45, 2.75) is 374 Å². The lowest BCUT2D eigenvalue weighted by Gasteiger charge is -2.18. The molecule has 0 amide bonds. The molecule has 460 valence electrons. The second kappa shape index (κ2) is 67.6. The van der Waals surface area contributed by atoms with Crippen LogP contribution in [-0.4, -0.2) is 37.2 Å². The summed E-state index contributed by atoms with van der Waals surface area (Å²) in [4.78, 5) is 38.4. The van der Waals surface area contributed by atoms with Crippen molar-refractivity contribution in [3.63, 3.8) is 0 Å². The fourth-order valence-corrected chi connectivity index (χ4v) is 10.3. The van der Waals surface area contributed by atoms with E-state index < -0.39 is 6.10 Å². The molecular weight excluding hydrogens is 973 g/mol. The smallest absolute Gasteiger partial charge is 0.306 e. The fourth-order valence-electron chi connectivity index (χ4n) is 10.3. The lowest BCUT2D eigenvalue weighted by atomic mass is 10.0. The van der Waals surface area contributed by atoms with Crippen molar-refractivity contribution < 1.29 is 28.6 Å². The molecule has 1 atom stereocenters. The number of carbonyl (C=O) groups excluding carboxylic acids is 3. The number of allylic oxidation sites excluding steroid dienone is 10. The Morgan fingerprint density at radius 1 is 0.266 bits per heavy atom. The van der Waals surface area contributed by atoms with Crippen LogP contribution in [0.15, 0.2) is 60.8 Å². The van der Waals surface area contributed by atoms with Gasteiger partial charge in [-0.3, -0.25) is 14.4 Å². The maximum atomic E-state index is 12.9. The van der Waals surface area contributed by atoms with Gasteiger partial charge in [-0.05, 0) is 83.5 Å². The predicted molar refractivity (Wildman–Crippen MR) is 344 cm³/mol. The van der Waals surface area contributed by atoms with E-state index >= 15 is 0 Å². The summed E-state index contributed by atoms with van der Waals surface area (Å²) in [6, 6.07) is 0. The first kappa shape index (κ1) is 76.1. The van der Waals surface area contributed by atoms with E-state index in [0.717, 1.165) is 83.5 Å². The quantitative estimate of drug-likeness (QED) is 0.0261. The molecule has 0 heterocycles. The van der Waals surface area contributed by atoms with Crippen molar-refractivity contribution in [2.24, 2.45) is 0 Å². The largest absolute Gasteiger partial charge is 0.462 e. The summed E-state index contributed by atoms with van der Waals surface area (Å²) in [5.74, 6) is -0.848. The summed E-state index contributed by atoms with van der Waals surface area (Å²) in [6.07, 6.45) is 86.7. The lowest BCUT2D eigenvalue weighted by Crippen LogP contribution is -2.30. The zero-order valence-electron chi connectivity index (χ0n) is 52.9. The van der Waals surface area contributed by atoms with Crippen LogP contribution in [0.3, 0.4) is 0 Å². The summed E-state index contributed by atoms with van der Waals surface area (Å²) in [7, 11) is 0. The molecule has 0 aromatic heterocycles. The van der Waals surface area contributed by atoms with E-state index in [4.69, 9.17) is 14.2 Å². The number of unbranched alkanes of at least 4 members (excludes halogenated alkanes) is 43. The molecule has 0 aliphatic carbocycles. The summed E-state index contributed by atoms with van der Waals surface area (Å²) >= 11 is 0. The molecule has 0 aliphatic heterocycles. The van der Waals surface area contributed by atoms with E-state index in [1.165, 1.54) is 244 Å². The van der Waals surface area contributed by atoms with Gasteiger partial charge < -0.3 is 14.2 Å². The lowest BCUT2D eigenvalue weighted by molar-refractivity contribution is -0.167. The minimum Gasteiger partial charge on any atom is -0.462 e. The average Bonchev–Trinajstić information content (AvgIpc) is 3.45. The van der Waals surface area contributed by atoms with Gasteiger partial charge in [0.2, 0.25) is 0 Å². The highest BCUT2D eigenvalue weighted by Crippen LogP contribution is 2.18. The molecule has 6 heteroatoms. The molecule has 0 rings (SSSR count). The Morgan fingerprint density at radius 2 is 0.494 bits per heavy atom. The number of ether oxygens (including phenoxy) is 3. The van der Waals surface area contributed by atoms with Crippen LogP contribution in [0.1, 0.15) is 367 Å². The van der Waals surface area contributed by atoms with Gasteiger partial charge in [0.25, 0.3) is 0 Å². The molecule has 0 radical (unpaired) electrons. The molecule has 79 heavy (non-hydrogen) atoms. The van der Waals surface area contributed by atoms with Crippen LogP contribution >= 0.6 is 0 Å². The van der Waals surface area contributed by atoms with E-state index in [2.05, 4.69) is 81.5 Å². The first-order valence-electron chi connectivity index (χ1n) is 34.8. The molecule has 1 unspecified atom stereocenters. The van der Waals surface area contributed by atoms with Crippen LogP contribution in [-0.2, 0) is 28.6 Å². The fraction of sp³-hybridized carbons (Fsp3) is 0.822. The van der Waals surface area contributed by atoms with Crippen molar-refractivity contribution in [3.05, 3.63) is 60.8 Å². The minimum absolute atomic E-state index is 0.0698. The third-order valence-electron chi connectivity index (χ3n) is 15.5. The van der Waals surface area contributed by atoms with Crippen LogP contribution in [0.2, 0.25) is 0 Å². The highest BCUT2D eigenvalue weighted by molar-refractivity contribution is 5.71. The third-order valence-corrected chi connectivity index (χ3v) is 15.5. The zero-order valence-corrected chi connectivity index (χ0v) is 52.9. The standard InChI is InChI=1S/C73H132O6/c1-4-7-10-13-16-19-22-25-27-29-31-33-34-35-36-37-38-40-41-43-45-48-51-54-57-60-63-66-72(75)78-69-70(68-77-71(74)65-62-59-56-53-50-47-24-21-18-15-12-9-6-3)79-73(76)67-64-61-58-55-52-49-46-44-42-39-32-30-28-26-23-20-17-14-11-8-5-2/h7,10,16,19,25,27,30-33,70H,4-6,8-9,11-15,17-18,20-24,26,28-29,34-69H2,1-3H3/b10-7-,19-16-,27-25-,32-30-,33-31-. The van der Waals surface area contributed by atoms with E-state index in [-0.39, 0.29) is 31.1 Å². The van der Waals surface area contributed by atoms with Crippen LogP contribution in [0.5, 0.6) is 0 Å². The Bertz CT molecular complexity index is 1410. The molecule has 0 bridgehead atoms. The Morgan fingerprint density at radius 3 is 0.785 bits per heavy atom. The third kappa shape index (κ3) is 65.8. The Balaban J connectivity index is 4.24. The molecular formula is C73H132O6. The minimum atomic E-state index is -0.774. The highest BCUT2D eigenvalue weighted by atomic mass is 16.6. The van der Waals surface area contributed by atoms with Crippen molar-refractivity contribution in [3.8, 4) is 0 Å². The molecule has 0 saturated heterocycles. The van der Waals surface area contributed by atoms with Crippen LogP contribution in [0.4, 0.5) is 0 Å². The van der Waals surface area contributed by atoms with Crippen molar-refractivity contribution in [2.75, 3.05) is 13.2 Å². The van der Waals surface area contributed by atoms with Gasteiger partial charge in [0.15, 0.2) is 6.10 Å². The van der Waals surface area contributed by atoms with E-state index in [1.807, 2.05) is 0 Å². The first-order chi connectivity index (χ1) is 39.0. The van der Waals surface area contributed by atoms with Gasteiger partial charge in [-0.2, -0.15) is 0 Å². The number of hydrogen-bond acceptors (Lipinski definition) is 6. The molecule has 0 saturated carbocycles. The van der Waals surface area contributed by atoms with Crippen molar-refractivity contribution in [1.29, 1.82) is 0 Å². The van der Waals surface area contributed by atoms with Gasteiger partial charge in [-0.1, -0.05) is 326 Å². The van der Waals surface area contributed by atoms with Gasteiger partial charge in [-0.25, -0.2) is 0 Å². The SMILES string of the molecule is CC/C=C\C/C=C\C/C=C\C/C=C\CCCCCCCCCCCCCCCCC(=O)OCC(COC(=O)CCCCCCCCCCCCCCC)OC(=O)CCCCCCCCCCC/C=C\CCCCCCCCCC. The summed E-state index contributed by atoms with van der Waals surface area (Å²) in [5, 5.41) is 0. The molecule has 0 spiro atoms. The number of carbonyl (C=O) groups is 3. The average molecular weight is 1110 g/mol. The molecule has 6 nitrogen and oxygen atoms in total. The number of hydrogen-bond donors (Lipinski definition) is 0. The maximum absolute atomic E-state index is 12.9. The van der Waals surface area contributed by atoms with Crippen LogP contribution < -0.4 is 0 Å². The number of rotatable bonds is 64. The maximum Gasteiger partial charge on any atom is 0.306 e. The normalized spacial score (nSPS) is 12.4. The highest BCUT2D eigenvalue weighted by Gasteiger charge is 2.19. The van der Waals surface area contributed by atoms with Crippen LogP contribution in [0, 0.1) is 0 Å². The second-order valence-electron chi connectivity index (χ2n) is 23.4. The van der Waals surface area contributed by atoms with Crippen molar-refractivity contribution in [1.82, 2.24) is 0 Å². The molecule has 0 aromatic carbocycles. The second-order valence-corrected chi connectivity index (χ2v) is 23.4. The Hall–Kier alpha value is -2.89. The van der Waals surface area contributed by atoms with Gasteiger partial charge >= 0.3 is 17.9 Å². The molecule has 0 fully saturated rings. The van der Waals surface area contributed by atoms with Gasteiger partial charge in [0, 0.05) is 19.3 Å². The summed E-state index contributed by atoms with van der Waals surface area (Å²) in [6.45, 7) is 6.58. The molecule has 0 N–H and O–H groups in total. The summed E-state index contributed by atoms with van der Waals surface area (Å²) in [5.41, 5.74) is 0. The van der Waals surface area contributed by atoms with Gasteiger partial charge in [0.05, 0.1) is 0 Å².